The highest BCUT2D eigenvalue weighted by Crippen LogP contribution is 2.03. The van der Waals surface area contributed by atoms with Gasteiger partial charge in [0.25, 0.3) is 0 Å². The van der Waals surface area contributed by atoms with Crippen LogP contribution in [-0.2, 0) is 21.4 Å². The van der Waals surface area contributed by atoms with Gasteiger partial charge in [0.05, 0.1) is 5.69 Å². The molecule has 0 spiro atoms. The van der Waals surface area contributed by atoms with E-state index in [1.165, 1.54) is 12.2 Å². The molecule has 114 valence electrons. The molecule has 0 aliphatic heterocycles. The topological polar surface area (TPSA) is 122 Å². The van der Waals surface area contributed by atoms with Crippen LogP contribution >= 0.6 is 0 Å². The average molecular weight is 295 g/mol. The van der Waals surface area contributed by atoms with Gasteiger partial charge >= 0.3 is 11.9 Å². The number of aryl methyl sites for hydroxylation is 1. The van der Waals surface area contributed by atoms with Gasteiger partial charge in [0.1, 0.15) is 6.04 Å². The Bertz CT molecular complexity index is 550. The van der Waals surface area contributed by atoms with Crippen LogP contribution < -0.4 is 5.32 Å². The third-order valence-corrected chi connectivity index (χ3v) is 2.76. The van der Waals surface area contributed by atoms with Gasteiger partial charge in [0.15, 0.2) is 0 Å². The number of nitrogens with one attached hydrogen (secondary N) is 1. The van der Waals surface area contributed by atoms with E-state index in [9.17, 15) is 14.4 Å². The number of carboxylic acids is 2. The van der Waals surface area contributed by atoms with Crippen molar-refractivity contribution in [1.29, 1.82) is 0 Å². The van der Waals surface area contributed by atoms with Gasteiger partial charge in [-0.2, -0.15) is 5.10 Å². The summed E-state index contributed by atoms with van der Waals surface area (Å²) in [7, 11) is 1.71. The third kappa shape index (κ3) is 5.89. The Morgan fingerprint density at radius 2 is 2.14 bits per heavy atom. The molecule has 3 N–H and O–H groups in total. The monoisotopic (exact) mass is 295 g/mol. The first-order valence-electron chi connectivity index (χ1n) is 6.31. The van der Waals surface area contributed by atoms with Crippen LogP contribution in [0.25, 0.3) is 6.08 Å². The van der Waals surface area contributed by atoms with Gasteiger partial charge in [0.2, 0.25) is 5.91 Å². The lowest BCUT2D eigenvalue weighted by molar-refractivity contribution is -0.142. The standard InChI is InChI=1S/C13H17N3O5/c1-16-9(7-8-14-16)5-6-11(17)15-10(13(20)21)3-2-4-12(18)19/h5-8,10H,2-4H2,1H3,(H,15,17)(H,18,19)(H,20,21)/b6-5+/t10-/m1/s1. The summed E-state index contributed by atoms with van der Waals surface area (Å²) in [6.45, 7) is 0. The van der Waals surface area contributed by atoms with E-state index in [0.717, 1.165) is 0 Å². The van der Waals surface area contributed by atoms with E-state index in [1.54, 1.807) is 24.0 Å². The van der Waals surface area contributed by atoms with E-state index in [2.05, 4.69) is 10.4 Å². The van der Waals surface area contributed by atoms with Gasteiger partial charge in [-0.25, -0.2) is 4.79 Å². The highest BCUT2D eigenvalue weighted by molar-refractivity contribution is 5.94. The lowest BCUT2D eigenvalue weighted by atomic mass is 10.1. The number of aliphatic carboxylic acids is 2. The Hall–Kier alpha value is -2.64. The zero-order chi connectivity index (χ0) is 15.8. The highest BCUT2D eigenvalue weighted by Gasteiger charge is 2.18. The SMILES string of the molecule is Cn1nccc1/C=C/C(=O)N[C@H](CCCC(=O)O)C(=O)O. The zero-order valence-corrected chi connectivity index (χ0v) is 11.5. The number of carbonyl (C=O) groups excluding carboxylic acids is 1. The van der Waals surface area contributed by atoms with Crippen molar-refractivity contribution in [2.24, 2.45) is 7.05 Å². The summed E-state index contributed by atoms with van der Waals surface area (Å²) < 4.78 is 1.56. The van der Waals surface area contributed by atoms with Crippen LogP contribution in [0.1, 0.15) is 25.0 Å². The first-order valence-corrected chi connectivity index (χ1v) is 6.31. The Labute approximate surface area is 121 Å². The smallest absolute Gasteiger partial charge is 0.326 e. The third-order valence-electron chi connectivity index (χ3n) is 2.76. The fourth-order valence-electron chi connectivity index (χ4n) is 1.64. The minimum Gasteiger partial charge on any atom is -0.481 e. The minimum absolute atomic E-state index is 0.0624. The predicted octanol–water partition coefficient (Wildman–Crippen LogP) is 0.258. The normalized spacial score (nSPS) is 12.2. The molecule has 1 atom stereocenters. The minimum atomic E-state index is -1.19. The number of carboxylic acid groups (broad SMARTS) is 2. The summed E-state index contributed by atoms with van der Waals surface area (Å²) >= 11 is 0. The molecule has 1 aromatic heterocycles. The van der Waals surface area contributed by atoms with Crippen molar-refractivity contribution >= 4 is 23.9 Å². The van der Waals surface area contributed by atoms with Gasteiger partial charge < -0.3 is 15.5 Å². The number of rotatable bonds is 8. The molecule has 0 aliphatic carbocycles. The molecule has 0 saturated carbocycles. The van der Waals surface area contributed by atoms with E-state index >= 15 is 0 Å². The number of hydrogen-bond donors (Lipinski definition) is 3. The Kier molecular flexibility index (Phi) is 6.12. The van der Waals surface area contributed by atoms with Crippen molar-refractivity contribution in [2.75, 3.05) is 0 Å². The zero-order valence-electron chi connectivity index (χ0n) is 11.5. The first kappa shape index (κ1) is 16.4. The van der Waals surface area contributed by atoms with Crippen LogP contribution in [0.15, 0.2) is 18.3 Å². The van der Waals surface area contributed by atoms with Crippen molar-refractivity contribution < 1.29 is 24.6 Å². The highest BCUT2D eigenvalue weighted by atomic mass is 16.4. The molecule has 8 heteroatoms. The molecule has 1 rings (SSSR count). The lowest BCUT2D eigenvalue weighted by Gasteiger charge is -2.12. The molecule has 1 heterocycles. The van der Waals surface area contributed by atoms with Crippen LogP contribution in [-0.4, -0.2) is 43.9 Å². The summed E-state index contributed by atoms with van der Waals surface area (Å²) in [4.78, 5) is 33.0. The summed E-state index contributed by atoms with van der Waals surface area (Å²) in [5.41, 5.74) is 0.697. The average Bonchev–Trinajstić information content (AvgIpc) is 2.80. The maximum atomic E-state index is 11.7. The summed E-state index contributed by atoms with van der Waals surface area (Å²) in [5.74, 6) is -2.75. The van der Waals surface area contributed by atoms with Gasteiger partial charge in [-0.3, -0.25) is 14.3 Å². The van der Waals surface area contributed by atoms with E-state index < -0.39 is 23.9 Å². The van der Waals surface area contributed by atoms with Gasteiger partial charge in [-0.15, -0.1) is 0 Å². The maximum Gasteiger partial charge on any atom is 0.326 e. The van der Waals surface area contributed by atoms with Crippen molar-refractivity contribution in [3.8, 4) is 0 Å². The molecule has 0 radical (unpaired) electrons. The number of amides is 1. The fourth-order valence-corrected chi connectivity index (χ4v) is 1.64. The van der Waals surface area contributed by atoms with Gasteiger partial charge in [-0.05, 0) is 25.0 Å². The molecule has 0 saturated heterocycles. The number of carbonyl (C=O) groups is 3. The number of aromatic nitrogens is 2. The molecule has 8 nitrogen and oxygen atoms in total. The largest absolute Gasteiger partial charge is 0.481 e. The van der Waals surface area contributed by atoms with Crippen LogP contribution in [0, 0.1) is 0 Å². The van der Waals surface area contributed by atoms with Crippen molar-refractivity contribution in [3.05, 3.63) is 24.0 Å². The quantitative estimate of drug-likeness (QED) is 0.591. The second-order valence-electron chi connectivity index (χ2n) is 4.40. The molecule has 0 unspecified atom stereocenters. The summed E-state index contributed by atoms with van der Waals surface area (Å²) in [6, 6.07) is 0.596. The van der Waals surface area contributed by atoms with Crippen LogP contribution in [0.3, 0.4) is 0 Å². The molecule has 0 bridgehead atoms. The van der Waals surface area contributed by atoms with Crippen LogP contribution in [0.5, 0.6) is 0 Å². The van der Waals surface area contributed by atoms with Crippen molar-refractivity contribution in [3.63, 3.8) is 0 Å². The van der Waals surface area contributed by atoms with Crippen LogP contribution in [0.4, 0.5) is 0 Å². The van der Waals surface area contributed by atoms with Crippen molar-refractivity contribution in [2.45, 2.75) is 25.3 Å². The van der Waals surface area contributed by atoms with E-state index in [-0.39, 0.29) is 19.3 Å². The Balaban J connectivity index is 2.52. The second-order valence-corrected chi connectivity index (χ2v) is 4.40. The first-order chi connectivity index (χ1) is 9.90. The molecule has 0 aliphatic rings. The van der Waals surface area contributed by atoms with Crippen molar-refractivity contribution in [1.82, 2.24) is 15.1 Å². The molecule has 1 amide bonds. The predicted molar refractivity (Wildman–Crippen MR) is 73.3 cm³/mol. The van der Waals surface area contributed by atoms with Crippen LogP contribution in [0.2, 0.25) is 0 Å². The molecular formula is C13H17N3O5. The van der Waals surface area contributed by atoms with E-state index in [0.29, 0.717) is 5.69 Å². The fraction of sp³-hybridized carbons (Fsp3) is 0.385. The molecule has 21 heavy (non-hydrogen) atoms. The van der Waals surface area contributed by atoms with E-state index in [4.69, 9.17) is 10.2 Å². The summed E-state index contributed by atoms with van der Waals surface area (Å²) in [5, 5.41) is 23.7. The Morgan fingerprint density at radius 1 is 1.43 bits per heavy atom. The van der Waals surface area contributed by atoms with Gasteiger partial charge in [0, 0.05) is 25.7 Å². The maximum absolute atomic E-state index is 11.7. The number of hydrogen-bond acceptors (Lipinski definition) is 4. The Morgan fingerprint density at radius 3 is 2.67 bits per heavy atom. The molecule has 0 aromatic carbocycles. The lowest BCUT2D eigenvalue weighted by Crippen LogP contribution is -2.40. The second kappa shape index (κ2) is 7.83. The molecular weight excluding hydrogens is 278 g/mol. The van der Waals surface area contributed by atoms with Gasteiger partial charge in [-0.1, -0.05) is 0 Å². The number of nitrogens with zero attached hydrogens (tertiary/aromatic N) is 2. The molecule has 0 fully saturated rings. The summed E-state index contributed by atoms with van der Waals surface area (Å²) in [6.07, 6.45) is 4.40. The van der Waals surface area contributed by atoms with E-state index in [1.807, 2.05) is 0 Å². The molecule has 1 aromatic rings.